The highest BCUT2D eigenvalue weighted by molar-refractivity contribution is 8.05. The molecule has 0 fully saturated rings. The Morgan fingerprint density at radius 3 is 1.45 bits per heavy atom. The molecule has 13 nitrogen and oxygen atoms in total. The molecule has 348 valence electrons. The summed E-state index contributed by atoms with van der Waals surface area (Å²) in [6.07, 6.45) is -3.55. The van der Waals surface area contributed by atoms with Gasteiger partial charge in [0.2, 0.25) is 0 Å². The van der Waals surface area contributed by atoms with Gasteiger partial charge in [0.25, 0.3) is 0 Å². The summed E-state index contributed by atoms with van der Waals surface area (Å²) >= 11 is 16.8. The van der Waals surface area contributed by atoms with Crippen molar-refractivity contribution in [3.05, 3.63) is 187 Å². The second-order valence-electron chi connectivity index (χ2n) is 14.2. The van der Waals surface area contributed by atoms with E-state index < -0.39 is 35.1 Å². The third-order valence-electron chi connectivity index (χ3n) is 8.78. The summed E-state index contributed by atoms with van der Waals surface area (Å²) in [4.78, 5) is 23.0. The number of nitrogens with one attached hydrogen (secondary N) is 1. The van der Waals surface area contributed by atoms with Gasteiger partial charge in [-0.1, -0.05) is 151 Å². The van der Waals surface area contributed by atoms with Crippen LogP contribution in [-0.2, 0) is 51.5 Å². The number of aryl methyl sites for hydroxylation is 1. The number of esters is 2. The van der Waals surface area contributed by atoms with Gasteiger partial charge in [-0.05, 0) is 66.9 Å². The quantitative estimate of drug-likeness (QED) is 0.0629. The van der Waals surface area contributed by atoms with Crippen LogP contribution in [0, 0.1) is 6.92 Å². The Morgan fingerprint density at radius 2 is 1.02 bits per heavy atom. The van der Waals surface area contributed by atoms with Crippen LogP contribution in [0.25, 0.3) is 21.5 Å². The van der Waals surface area contributed by atoms with Gasteiger partial charge >= 0.3 is 24.9 Å². The van der Waals surface area contributed by atoms with E-state index in [-0.39, 0.29) is 23.5 Å². The molecular formula is C47H47Cl3N2O11P2S. The summed E-state index contributed by atoms with van der Waals surface area (Å²) in [7, 11) is -4.27. The zero-order valence-corrected chi connectivity index (χ0v) is 40.7. The first-order valence-electron chi connectivity index (χ1n) is 19.9. The summed E-state index contributed by atoms with van der Waals surface area (Å²) < 4.78 is 75.7. The molecule has 7 aromatic rings. The zero-order valence-electron chi connectivity index (χ0n) is 35.9. The van der Waals surface area contributed by atoms with Gasteiger partial charge in [0.15, 0.2) is 6.04 Å². The lowest BCUT2D eigenvalue weighted by Crippen LogP contribution is -2.63. The lowest BCUT2D eigenvalue weighted by molar-refractivity contribution is -0.403. The van der Waals surface area contributed by atoms with E-state index in [0.29, 0.717) is 18.1 Å². The van der Waals surface area contributed by atoms with E-state index >= 15 is 0 Å². The van der Waals surface area contributed by atoms with Crippen molar-refractivity contribution in [2.75, 3.05) is 0 Å². The molecule has 0 radical (unpaired) electrons. The van der Waals surface area contributed by atoms with Gasteiger partial charge in [-0.3, -0.25) is 4.79 Å². The SMILES string of the molecule is C[C@H](NP(=O)(Cl)Oc1cccc2ccccc12)C(=O)OCc1ccccc1.C[C@H]([NH3+])C(=O)OCc1ccccc1.Cc1ccc(S(=O)(=O)[O-])cc1.O=P(Cl)(Cl)Oc1cccc2ccccc12. The highest BCUT2D eigenvalue weighted by atomic mass is 35.9. The number of carbonyl (C=O) groups excluding carboxylic acids is 2. The van der Waals surface area contributed by atoms with E-state index in [4.69, 9.17) is 52.2 Å². The Hall–Kier alpha value is -5.24. The Labute approximate surface area is 398 Å². The molecule has 7 aromatic carbocycles. The van der Waals surface area contributed by atoms with Crippen LogP contribution in [0.1, 0.15) is 30.5 Å². The van der Waals surface area contributed by atoms with Crippen molar-refractivity contribution in [3.63, 3.8) is 0 Å². The molecule has 0 saturated carbocycles. The molecule has 3 atom stereocenters. The molecule has 66 heavy (non-hydrogen) atoms. The number of hydrogen-bond donors (Lipinski definition) is 2. The molecule has 0 amide bonds. The molecule has 0 aliphatic carbocycles. The maximum absolute atomic E-state index is 12.6. The Morgan fingerprint density at radius 1 is 0.606 bits per heavy atom. The summed E-state index contributed by atoms with van der Waals surface area (Å²) in [6, 6.07) is 49.3. The summed E-state index contributed by atoms with van der Waals surface area (Å²) in [5, 5.41) is 6.06. The molecule has 7 rings (SSSR count). The molecule has 0 bridgehead atoms. The third-order valence-corrected chi connectivity index (χ3v) is 12.1. The number of hydrogen-bond acceptors (Lipinski definition) is 11. The predicted molar refractivity (Wildman–Crippen MR) is 258 cm³/mol. The minimum Gasteiger partial charge on any atom is -0.744 e. The van der Waals surface area contributed by atoms with Crippen molar-refractivity contribution in [3.8, 4) is 11.5 Å². The van der Waals surface area contributed by atoms with Crippen molar-refractivity contribution in [2.24, 2.45) is 0 Å². The monoisotopic (exact) mass is 1010 g/mol. The Balaban J connectivity index is 0.000000207. The molecule has 0 aromatic heterocycles. The average molecular weight is 1020 g/mol. The first-order valence-corrected chi connectivity index (χ1v) is 27.3. The molecule has 0 aliphatic rings. The fourth-order valence-corrected chi connectivity index (χ4v) is 8.53. The molecule has 0 aliphatic heterocycles. The van der Waals surface area contributed by atoms with Crippen LogP contribution >= 0.6 is 46.7 Å². The van der Waals surface area contributed by atoms with E-state index in [1.165, 1.54) is 19.1 Å². The van der Waals surface area contributed by atoms with Crippen molar-refractivity contribution in [2.45, 2.75) is 51.0 Å². The van der Waals surface area contributed by atoms with Gasteiger partial charge in [0.1, 0.15) is 40.9 Å². The van der Waals surface area contributed by atoms with Crippen molar-refractivity contribution < 1.29 is 55.9 Å². The van der Waals surface area contributed by atoms with Crippen molar-refractivity contribution in [1.29, 1.82) is 0 Å². The smallest absolute Gasteiger partial charge is 0.428 e. The van der Waals surface area contributed by atoms with Crippen LogP contribution in [0.3, 0.4) is 0 Å². The largest absolute Gasteiger partial charge is 0.744 e. The molecular weight excluding hydrogens is 969 g/mol. The highest BCUT2D eigenvalue weighted by Gasteiger charge is 2.29. The predicted octanol–water partition coefficient (Wildman–Crippen LogP) is 11.4. The lowest BCUT2D eigenvalue weighted by Gasteiger charge is -2.19. The summed E-state index contributed by atoms with van der Waals surface area (Å²) in [5.41, 5.74) is 6.36. The van der Waals surface area contributed by atoms with Crippen LogP contribution in [0.4, 0.5) is 0 Å². The van der Waals surface area contributed by atoms with Gasteiger partial charge < -0.3 is 28.8 Å². The number of benzene rings is 7. The van der Waals surface area contributed by atoms with Gasteiger partial charge in [-0.2, -0.15) is 0 Å². The van der Waals surface area contributed by atoms with Gasteiger partial charge in [0.05, 0.1) is 4.90 Å². The minimum atomic E-state index is -4.27. The van der Waals surface area contributed by atoms with Crippen LogP contribution in [0.5, 0.6) is 11.5 Å². The average Bonchev–Trinajstić information content (AvgIpc) is 3.28. The topological polar surface area (TPSA) is 202 Å². The van der Waals surface area contributed by atoms with Gasteiger partial charge in [0, 0.05) is 44.5 Å². The first kappa shape index (κ1) is 53.4. The van der Waals surface area contributed by atoms with E-state index in [2.05, 4.69) is 10.8 Å². The number of quaternary nitrogens is 1. The highest BCUT2D eigenvalue weighted by Crippen LogP contribution is 2.57. The molecule has 0 heterocycles. The standard InChI is InChI=1S/C20H19ClNO4P.C10H7Cl2O2P.C10H13NO2.C7H8O3S/c1-15(20(23)25-14-16-8-3-2-4-9-16)22-27(21,24)26-19-13-7-11-17-10-5-6-12-18(17)19;11-15(12,13)14-10-7-3-5-8-4-1-2-6-9(8)10;1-8(11)10(12)13-7-9-5-3-2-4-6-9;1-6-2-4-7(5-3-6)11(8,9)10/h2-13,15H,14H2,1H3,(H,22,24);1-7H;2-6,8H,7,11H2,1H3;2-5H,1H3,(H,8,9,10)/t15-,27?;;8-;/m0.0./s1. The second kappa shape index (κ2) is 25.6. The van der Waals surface area contributed by atoms with Crippen LogP contribution in [-0.4, -0.2) is 37.0 Å². The molecule has 1 unspecified atom stereocenters. The number of carbonyl (C=O) groups is 2. The van der Waals surface area contributed by atoms with Crippen molar-refractivity contribution >= 4 is 90.3 Å². The van der Waals surface area contributed by atoms with Gasteiger partial charge in [-0.15, -0.1) is 0 Å². The molecule has 0 spiro atoms. The van der Waals surface area contributed by atoms with Crippen molar-refractivity contribution in [1.82, 2.24) is 5.09 Å². The molecule has 4 N–H and O–H groups in total. The van der Waals surface area contributed by atoms with Crippen LogP contribution < -0.4 is 19.9 Å². The van der Waals surface area contributed by atoms with E-state index in [9.17, 15) is 31.7 Å². The molecule has 19 heteroatoms. The van der Waals surface area contributed by atoms with Gasteiger partial charge in [-0.25, -0.2) is 27.4 Å². The maximum atomic E-state index is 12.6. The summed E-state index contributed by atoms with van der Waals surface area (Å²) in [6.45, 7) is 1.72. The lowest BCUT2D eigenvalue weighted by atomic mass is 10.1. The minimum absolute atomic E-state index is 0.127. The number of rotatable bonds is 13. The Bertz CT molecular complexity index is 2860. The maximum Gasteiger partial charge on any atom is 0.428 e. The number of fused-ring (bicyclic) bond motifs is 2. The zero-order chi connectivity index (χ0) is 48.3. The summed E-state index contributed by atoms with van der Waals surface area (Å²) in [5.74, 6) is -0.0182. The van der Waals surface area contributed by atoms with E-state index in [1.807, 2.05) is 128 Å². The van der Waals surface area contributed by atoms with Crippen LogP contribution in [0.15, 0.2) is 175 Å². The fraction of sp³-hybridized carbons (Fsp3) is 0.149. The third kappa shape index (κ3) is 18.9. The molecule has 0 saturated heterocycles. The normalized spacial score (nSPS) is 12.8. The van der Waals surface area contributed by atoms with E-state index in [1.54, 1.807) is 43.3 Å². The Kier molecular flexibility index (Phi) is 20.7. The number of ether oxygens (including phenoxy) is 2. The van der Waals surface area contributed by atoms with Crippen LogP contribution in [0.2, 0.25) is 0 Å². The number of halogens is 3. The fourth-order valence-electron chi connectivity index (χ4n) is 5.53. The van der Waals surface area contributed by atoms with E-state index in [0.717, 1.165) is 38.2 Å². The first-order chi connectivity index (χ1) is 31.2. The second-order valence-corrected chi connectivity index (χ2v) is 22.6.